The predicted octanol–water partition coefficient (Wildman–Crippen LogP) is 4.96. The number of nitrogens with two attached hydrogens (primary N) is 1. The highest BCUT2D eigenvalue weighted by atomic mass is 19.1. The molecule has 0 bridgehead atoms. The van der Waals surface area contributed by atoms with Gasteiger partial charge in [0.25, 0.3) is 11.8 Å². The average molecular weight is 758 g/mol. The van der Waals surface area contributed by atoms with Crippen LogP contribution in [0.4, 0.5) is 15.9 Å². The van der Waals surface area contributed by atoms with Gasteiger partial charge in [-0.25, -0.2) is 19.0 Å². The smallest absolute Gasteiger partial charge is 0.262 e. The van der Waals surface area contributed by atoms with Crippen LogP contribution in [0.3, 0.4) is 0 Å². The molecule has 4 aliphatic rings. The van der Waals surface area contributed by atoms with Gasteiger partial charge in [-0.15, -0.1) is 0 Å². The first-order chi connectivity index (χ1) is 27.2. The van der Waals surface area contributed by atoms with Crippen LogP contribution in [0, 0.1) is 11.7 Å². The Morgan fingerprint density at radius 1 is 0.821 bits per heavy atom. The second-order valence-corrected chi connectivity index (χ2v) is 14.9. The van der Waals surface area contributed by atoms with Gasteiger partial charge in [-0.3, -0.25) is 34.3 Å². The molecule has 286 valence electrons. The van der Waals surface area contributed by atoms with Crippen molar-refractivity contribution < 1.29 is 28.3 Å². The number of carbonyl (C=O) groups is 4. The molecule has 4 amide bonds. The molecule has 15 heteroatoms. The number of halogens is 1. The third-order valence-corrected chi connectivity index (χ3v) is 11.5. The zero-order valence-electron chi connectivity index (χ0n) is 30.6. The van der Waals surface area contributed by atoms with E-state index >= 15 is 4.39 Å². The molecule has 3 aromatic carbocycles. The number of carbonyl (C=O) groups excluding carboxylic acids is 4. The molecule has 1 saturated carbocycles. The van der Waals surface area contributed by atoms with E-state index in [0.29, 0.717) is 24.8 Å². The molecule has 14 nitrogen and oxygen atoms in total. The molecule has 56 heavy (non-hydrogen) atoms. The summed E-state index contributed by atoms with van der Waals surface area (Å²) in [6.45, 7) is 3.51. The van der Waals surface area contributed by atoms with E-state index in [0.717, 1.165) is 90.1 Å². The summed E-state index contributed by atoms with van der Waals surface area (Å²) in [5, 5.41) is 8.01. The molecule has 0 spiro atoms. The first-order valence-electron chi connectivity index (χ1n) is 19.1. The molecule has 3 fully saturated rings. The summed E-state index contributed by atoms with van der Waals surface area (Å²) in [6.07, 6.45) is 5.48. The Morgan fingerprint density at radius 2 is 1.52 bits per heavy atom. The van der Waals surface area contributed by atoms with Gasteiger partial charge in [0, 0.05) is 44.7 Å². The minimum atomic E-state index is -1.10. The van der Waals surface area contributed by atoms with Crippen molar-refractivity contribution in [3.63, 3.8) is 0 Å². The van der Waals surface area contributed by atoms with Crippen molar-refractivity contribution in [1.82, 2.24) is 34.9 Å². The van der Waals surface area contributed by atoms with E-state index in [1.54, 1.807) is 0 Å². The third kappa shape index (κ3) is 6.51. The zero-order chi connectivity index (χ0) is 38.5. The maximum Gasteiger partial charge on any atom is 0.262 e. The maximum absolute atomic E-state index is 15.5. The lowest BCUT2D eigenvalue weighted by Gasteiger charge is -2.39. The SMILES string of the molecule is Nc1ncnc2c1c(-c1ccc(Oc3ccccc3)cc1)nn2C1CCC(CN2CCN(c3cc4c(cc3F)C(=O)N(C3CCC(=O)NC3=O)C4=O)CC2)CC1. The van der Waals surface area contributed by atoms with Crippen molar-refractivity contribution in [3.05, 3.63) is 90.0 Å². The number of imide groups is 2. The van der Waals surface area contributed by atoms with Crippen LogP contribution < -0.4 is 20.7 Å². The number of nitrogen functional groups attached to an aromatic ring is 1. The number of piperazine rings is 1. The largest absolute Gasteiger partial charge is 0.457 e. The van der Waals surface area contributed by atoms with Crippen LogP contribution >= 0.6 is 0 Å². The highest BCUT2D eigenvalue weighted by molar-refractivity contribution is 6.23. The highest BCUT2D eigenvalue weighted by Gasteiger charge is 2.45. The van der Waals surface area contributed by atoms with Crippen molar-refractivity contribution >= 4 is 46.2 Å². The van der Waals surface area contributed by atoms with Gasteiger partial charge in [0.15, 0.2) is 5.65 Å². The quantitative estimate of drug-likeness (QED) is 0.205. The van der Waals surface area contributed by atoms with E-state index in [1.165, 1.54) is 12.4 Å². The van der Waals surface area contributed by atoms with Crippen LogP contribution in [0.25, 0.3) is 22.3 Å². The van der Waals surface area contributed by atoms with E-state index in [-0.39, 0.29) is 35.7 Å². The van der Waals surface area contributed by atoms with Crippen molar-refractivity contribution in [2.24, 2.45) is 5.92 Å². The lowest BCUT2D eigenvalue weighted by molar-refractivity contribution is -0.136. The Balaban J connectivity index is 0.821. The molecule has 1 aliphatic carbocycles. The minimum absolute atomic E-state index is 0.0189. The number of benzene rings is 3. The number of anilines is 2. The fourth-order valence-electron chi connectivity index (χ4n) is 8.59. The van der Waals surface area contributed by atoms with Crippen molar-refractivity contribution in [1.29, 1.82) is 0 Å². The van der Waals surface area contributed by atoms with Gasteiger partial charge in [0.05, 0.1) is 28.2 Å². The Bertz CT molecular complexity index is 2350. The van der Waals surface area contributed by atoms with Crippen molar-refractivity contribution in [2.45, 2.75) is 50.6 Å². The van der Waals surface area contributed by atoms with Crippen LogP contribution in [0.2, 0.25) is 0 Å². The molecular weight excluding hydrogens is 718 g/mol. The number of piperidine rings is 1. The normalized spacial score (nSPS) is 21.8. The third-order valence-electron chi connectivity index (χ3n) is 11.5. The number of nitrogens with one attached hydrogen (secondary N) is 1. The number of hydrogen-bond acceptors (Lipinski definition) is 11. The number of nitrogens with zero attached hydrogens (tertiary/aromatic N) is 7. The first-order valence-corrected chi connectivity index (χ1v) is 19.1. The Kier molecular flexibility index (Phi) is 9.16. The van der Waals surface area contributed by atoms with E-state index in [2.05, 4.69) is 20.2 Å². The predicted molar refractivity (Wildman–Crippen MR) is 204 cm³/mol. The van der Waals surface area contributed by atoms with Crippen LogP contribution in [-0.2, 0) is 9.59 Å². The number of aromatic nitrogens is 4. The van der Waals surface area contributed by atoms with Crippen molar-refractivity contribution in [3.8, 4) is 22.8 Å². The molecule has 0 radical (unpaired) electrons. The van der Waals surface area contributed by atoms with Crippen LogP contribution in [0.5, 0.6) is 11.5 Å². The van der Waals surface area contributed by atoms with Crippen LogP contribution in [-0.4, -0.2) is 91.9 Å². The molecule has 9 rings (SSSR count). The van der Waals surface area contributed by atoms with E-state index in [1.807, 2.05) is 64.2 Å². The standard InChI is InChI=1S/C41H40FN9O5/c42-31-20-29-30(41(55)50(40(29)54)32-14-15-34(52)46-39(32)53)21-33(31)49-18-16-48(17-19-49)22-24-6-10-26(11-7-24)51-38-35(37(43)44-23-45-38)36(47-51)25-8-12-28(13-9-25)56-27-4-2-1-3-5-27/h1-5,8-9,12-13,20-21,23-24,26,32H,6-7,10-11,14-19,22H2,(H2,43,44,45)(H,46,52,53). The van der Waals surface area contributed by atoms with Gasteiger partial charge < -0.3 is 15.4 Å². The summed E-state index contributed by atoms with van der Waals surface area (Å²) in [5.41, 5.74) is 9.07. The summed E-state index contributed by atoms with van der Waals surface area (Å²) in [7, 11) is 0. The molecule has 1 unspecified atom stereocenters. The summed E-state index contributed by atoms with van der Waals surface area (Å²) in [6, 6.07) is 19.0. The molecule has 3 aliphatic heterocycles. The Hall–Kier alpha value is -6.22. The van der Waals surface area contributed by atoms with Crippen molar-refractivity contribution in [2.75, 3.05) is 43.4 Å². The van der Waals surface area contributed by atoms with Gasteiger partial charge in [0.1, 0.15) is 41.2 Å². The number of hydrogen-bond donors (Lipinski definition) is 2. The number of ether oxygens (including phenoxy) is 1. The fourth-order valence-corrected chi connectivity index (χ4v) is 8.59. The number of para-hydroxylation sites is 1. The molecule has 2 saturated heterocycles. The number of fused-ring (bicyclic) bond motifs is 2. The van der Waals surface area contributed by atoms with Crippen LogP contribution in [0.15, 0.2) is 73.1 Å². The van der Waals surface area contributed by atoms with Gasteiger partial charge in [-0.05, 0) is 86.6 Å². The lowest BCUT2D eigenvalue weighted by Crippen LogP contribution is -2.54. The molecule has 3 N–H and O–H groups in total. The molecule has 2 aromatic heterocycles. The van der Waals surface area contributed by atoms with E-state index in [9.17, 15) is 19.2 Å². The summed E-state index contributed by atoms with van der Waals surface area (Å²) in [5.74, 6) is -0.728. The molecule has 1 atom stereocenters. The topological polar surface area (TPSA) is 169 Å². The van der Waals surface area contributed by atoms with Gasteiger partial charge in [-0.1, -0.05) is 18.2 Å². The summed E-state index contributed by atoms with van der Waals surface area (Å²) >= 11 is 0. The second-order valence-electron chi connectivity index (χ2n) is 14.9. The monoisotopic (exact) mass is 757 g/mol. The fraction of sp³-hybridized carbons (Fsp3) is 0.341. The van der Waals surface area contributed by atoms with E-state index < -0.39 is 35.5 Å². The zero-order valence-corrected chi connectivity index (χ0v) is 30.6. The average Bonchev–Trinajstić information content (AvgIpc) is 3.71. The minimum Gasteiger partial charge on any atom is -0.457 e. The lowest BCUT2D eigenvalue weighted by atomic mass is 9.85. The summed E-state index contributed by atoms with van der Waals surface area (Å²) < 4.78 is 23.5. The van der Waals surface area contributed by atoms with Gasteiger partial charge in [0.2, 0.25) is 11.8 Å². The molecular formula is C41H40FN9O5. The second kappa shape index (κ2) is 14.5. The van der Waals surface area contributed by atoms with E-state index in [4.69, 9.17) is 15.6 Å². The summed E-state index contributed by atoms with van der Waals surface area (Å²) in [4.78, 5) is 64.6. The highest BCUT2D eigenvalue weighted by Crippen LogP contribution is 2.39. The molecule has 5 heterocycles. The molecule has 5 aromatic rings. The first kappa shape index (κ1) is 35.5. The maximum atomic E-state index is 15.5. The Labute approximate surface area is 321 Å². The van der Waals surface area contributed by atoms with Gasteiger partial charge in [-0.2, -0.15) is 5.10 Å². The van der Waals surface area contributed by atoms with Crippen LogP contribution in [0.1, 0.15) is 65.3 Å². The number of amides is 4. The number of rotatable bonds is 8. The Morgan fingerprint density at radius 3 is 2.23 bits per heavy atom. The van der Waals surface area contributed by atoms with Gasteiger partial charge >= 0.3 is 0 Å².